The van der Waals surface area contributed by atoms with Crippen molar-refractivity contribution in [2.24, 2.45) is 5.84 Å². The zero-order chi connectivity index (χ0) is 10.7. The van der Waals surface area contributed by atoms with E-state index in [-0.39, 0.29) is 0 Å². The molecule has 0 amide bonds. The van der Waals surface area contributed by atoms with Crippen molar-refractivity contribution in [3.63, 3.8) is 0 Å². The van der Waals surface area contributed by atoms with Crippen LogP contribution in [-0.4, -0.2) is 16.6 Å². The van der Waals surface area contributed by atoms with Crippen molar-refractivity contribution in [1.82, 2.24) is 9.97 Å². The summed E-state index contributed by atoms with van der Waals surface area (Å²) in [7, 11) is 0. The van der Waals surface area contributed by atoms with Crippen molar-refractivity contribution in [2.45, 2.75) is 13.3 Å². The molecular weight excluding hydrogens is 212 g/mol. The summed E-state index contributed by atoms with van der Waals surface area (Å²) in [6.45, 7) is 2.69. The molecule has 0 aromatic carbocycles. The molecule has 80 valence electrons. The lowest BCUT2D eigenvalue weighted by molar-refractivity contribution is 0.309. The van der Waals surface area contributed by atoms with E-state index in [1.807, 2.05) is 18.4 Å². The van der Waals surface area contributed by atoms with E-state index < -0.39 is 0 Å². The maximum Gasteiger partial charge on any atom is 0.241 e. The minimum absolute atomic E-state index is 0.385. The summed E-state index contributed by atoms with van der Waals surface area (Å²) >= 11 is 1.54. The Kier molecular flexibility index (Phi) is 2.98. The summed E-state index contributed by atoms with van der Waals surface area (Å²) in [6, 6.07) is 1.95. The lowest BCUT2D eigenvalue weighted by Crippen LogP contribution is -2.11. The second-order valence-electron chi connectivity index (χ2n) is 2.98. The smallest absolute Gasteiger partial charge is 0.241 e. The molecule has 2 aromatic rings. The second kappa shape index (κ2) is 4.41. The average molecular weight is 224 g/mol. The molecule has 0 spiro atoms. The van der Waals surface area contributed by atoms with Gasteiger partial charge < -0.3 is 4.74 Å². The van der Waals surface area contributed by atoms with Gasteiger partial charge in [-0.25, -0.2) is 10.8 Å². The lowest BCUT2D eigenvalue weighted by atomic mass is 10.4. The highest BCUT2D eigenvalue weighted by Crippen LogP contribution is 2.27. The Morgan fingerprint density at radius 2 is 2.40 bits per heavy atom. The molecule has 0 bridgehead atoms. The van der Waals surface area contributed by atoms with Gasteiger partial charge in [0.15, 0.2) is 0 Å². The fourth-order valence-electron chi connectivity index (χ4n) is 1.20. The van der Waals surface area contributed by atoms with Crippen molar-refractivity contribution in [3.05, 3.63) is 11.4 Å². The predicted molar refractivity (Wildman–Crippen MR) is 61.0 cm³/mol. The zero-order valence-corrected chi connectivity index (χ0v) is 9.17. The van der Waals surface area contributed by atoms with Crippen LogP contribution in [0.25, 0.3) is 10.2 Å². The normalized spacial score (nSPS) is 10.5. The molecule has 0 aliphatic heterocycles. The molecule has 0 fully saturated rings. The first kappa shape index (κ1) is 10.1. The van der Waals surface area contributed by atoms with E-state index in [2.05, 4.69) is 15.4 Å². The van der Waals surface area contributed by atoms with Crippen LogP contribution in [0.4, 0.5) is 5.95 Å². The minimum atomic E-state index is 0.385. The van der Waals surface area contributed by atoms with Crippen LogP contribution < -0.4 is 16.0 Å². The highest BCUT2D eigenvalue weighted by atomic mass is 32.1. The summed E-state index contributed by atoms with van der Waals surface area (Å²) in [5, 5.41) is 2.89. The number of hydrogen-bond donors (Lipinski definition) is 2. The summed E-state index contributed by atoms with van der Waals surface area (Å²) in [6.07, 6.45) is 0.945. The molecule has 15 heavy (non-hydrogen) atoms. The number of thiophene rings is 1. The molecule has 2 aromatic heterocycles. The van der Waals surface area contributed by atoms with Gasteiger partial charge in [-0.1, -0.05) is 6.92 Å². The molecule has 0 aliphatic rings. The van der Waals surface area contributed by atoms with Crippen LogP contribution >= 0.6 is 11.3 Å². The third-order valence-corrected chi connectivity index (χ3v) is 2.67. The standard InChI is InChI=1S/C9H12N4OS/c1-2-4-14-7-6-3-5-15-8(6)12-9(11-7)13-10/h3,5H,2,4,10H2,1H3,(H,11,12,13). The number of nitrogens with zero attached hydrogens (tertiary/aromatic N) is 2. The first-order chi connectivity index (χ1) is 7.35. The molecule has 3 N–H and O–H groups in total. The van der Waals surface area contributed by atoms with Gasteiger partial charge in [0.2, 0.25) is 11.8 Å². The summed E-state index contributed by atoms with van der Waals surface area (Å²) in [4.78, 5) is 9.26. The third-order valence-electron chi connectivity index (χ3n) is 1.86. The molecule has 0 radical (unpaired) electrons. The first-order valence-electron chi connectivity index (χ1n) is 4.69. The van der Waals surface area contributed by atoms with E-state index in [0.717, 1.165) is 16.6 Å². The Labute approximate surface area is 91.3 Å². The van der Waals surface area contributed by atoms with Gasteiger partial charge >= 0.3 is 0 Å². The van der Waals surface area contributed by atoms with Crippen molar-refractivity contribution in [1.29, 1.82) is 0 Å². The highest BCUT2D eigenvalue weighted by molar-refractivity contribution is 7.16. The number of rotatable bonds is 4. The monoisotopic (exact) mass is 224 g/mol. The van der Waals surface area contributed by atoms with Crippen LogP contribution in [0.5, 0.6) is 5.88 Å². The van der Waals surface area contributed by atoms with Crippen molar-refractivity contribution in [3.8, 4) is 5.88 Å². The zero-order valence-electron chi connectivity index (χ0n) is 8.36. The van der Waals surface area contributed by atoms with E-state index in [0.29, 0.717) is 18.4 Å². The minimum Gasteiger partial charge on any atom is -0.477 e. The Balaban J connectivity index is 2.43. The molecule has 0 unspecified atom stereocenters. The number of fused-ring (bicyclic) bond motifs is 1. The third kappa shape index (κ3) is 2.00. The van der Waals surface area contributed by atoms with Crippen molar-refractivity contribution in [2.75, 3.05) is 12.0 Å². The molecule has 0 saturated carbocycles. The van der Waals surface area contributed by atoms with Crippen LogP contribution in [0.1, 0.15) is 13.3 Å². The van der Waals surface area contributed by atoms with Crippen molar-refractivity contribution >= 4 is 27.5 Å². The predicted octanol–water partition coefficient (Wildman–Crippen LogP) is 1.77. The van der Waals surface area contributed by atoms with Gasteiger partial charge in [-0.2, -0.15) is 4.98 Å². The molecule has 0 aliphatic carbocycles. The average Bonchev–Trinajstić information content (AvgIpc) is 2.73. The Bertz CT molecular complexity index is 456. The number of hydrogen-bond acceptors (Lipinski definition) is 6. The van der Waals surface area contributed by atoms with Gasteiger partial charge in [-0.15, -0.1) is 11.3 Å². The number of nitrogens with one attached hydrogen (secondary N) is 1. The van der Waals surface area contributed by atoms with Crippen LogP contribution in [-0.2, 0) is 0 Å². The number of anilines is 1. The van der Waals surface area contributed by atoms with Crippen LogP contribution in [0.3, 0.4) is 0 Å². The fourth-order valence-corrected chi connectivity index (χ4v) is 1.96. The summed E-state index contributed by atoms with van der Waals surface area (Å²) < 4.78 is 5.53. The second-order valence-corrected chi connectivity index (χ2v) is 3.88. The number of nitrogens with two attached hydrogens (primary N) is 1. The van der Waals surface area contributed by atoms with Gasteiger partial charge in [-0.05, 0) is 17.9 Å². The summed E-state index contributed by atoms with van der Waals surface area (Å²) in [5.41, 5.74) is 2.43. The number of aromatic nitrogens is 2. The first-order valence-corrected chi connectivity index (χ1v) is 5.57. The maximum absolute atomic E-state index is 5.53. The SMILES string of the molecule is CCCOc1nc(NN)nc2sccc12. The van der Waals surface area contributed by atoms with Gasteiger partial charge in [0.25, 0.3) is 0 Å². The quantitative estimate of drug-likeness (QED) is 0.611. The van der Waals surface area contributed by atoms with E-state index in [1.54, 1.807) is 0 Å². The number of ether oxygens (including phenoxy) is 1. The van der Waals surface area contributed by atoms with Gasteiger partial charge in [0.05, 0.1) is 12.0 Å². The summed E-state index contributed by atoms with van der Waals surface area (Å²) in [5.74, 6) is 6.26. The van der Waals surface area contributed by atoms with E-state index in [4.69, 9.17) is 10.6 Å². The Morgan fingerprint density at radius 3 is 3.13 bits per heavy atom. The molecule has 5 nitrogen and oxygen atoms in total. The van der Waals surface area contributed by atoms with Gasteiger partial charge in [0.1, 0.15) is 4.83 Å². The number of nitrogen functional groups attached to an aromatic ring is 1. The van der Waals surface area contributed by atoms with E-state index in [9.17, 15) is 0 Å². The van der Waals surface area contributed by atoms with Crippen LogP contribution in [0.2, 0.25) is 0 Å². The van der Waals surface area contributed by atoms with E-state index in [1.165, 1.54) is 11.3 Å². The largest absolute Gasteiger partial charge is 0.477 e. The Morgan fingerprint density at radius 1 is 1.53 bits per heavy atom. The molecular formula is C9H12N4OS. The molecule has 0 atom stereocenters. The molecule has 6 heteroatoms. The molecule has 2 heterocycles. The van der Waals surface area contributed by atoms with Gasteiger partial charge in [-0.3, -0.25) is 5.43 Å². The van der Waals surface area contributed by atoms with Crippen LogP contribution in [0, 0.1) is 0 Å². The van der Waals surface area contributed by atoms with Crippen molar-refractivity contribution < 1.29 is 4.74 Å². The lowest BCUT2D eigenvalue weighted by Gasteiger charge is -2.06. The molecule has 2 rings (SSSR count). The molecule has 0 saturated heterocycles. The highest BCUT2D eigenvalue weighted by Gasteiger charge is 2.08. The Hall–Kier alpha value is -1.40. The van der Waals surface area contributed by atoms with E-state index >= 15 is 0 Å². The number of hydrazine groups is 1. The fraction of sp³-hybridized carbons (Fsp3) is 0.333. The van der Waals surface area contributed by atoms with Gasteiger partial charge in [0, 0.05) is 0 Å². The topological polar surface area (TPSA) is 73.1 Å². The maximum atomic E-state index is 5.53. The van der Waals surface area contributed by atoms with Crippen LogP contribution in [0.15, 0.2) is 11.4 Å².